The SMILES string of the molecule is CN(C)c1cc(/C=C/C(=O)CC(C)(C)C)c(O)c2c1C[C@H]1C[C@H]3[C@H](N(C)C)C(=O)C(C(N)=O)=C(O)[C@@]3(O)C(=O)C1=C2O. The van der Waals surface area contributed by atoms with Crippen LogP contribution in [0.1, 0.15) is 50.3 Å². The highest BCUT2D eigenvalue weighted by atomic mass is 16.3. The molecule has 1 aromatic carbocycles. The van der Waals surface area contributed by atoms with Crippen LogP contribution in [-0.2, 0) is 25.6 Å². The minimum Gasteiger partial charge on any atom is -0.508 e. The number of fused-ring (bicyclic) bond motifs is 3. The van der Waals surface area contributed by atoms with Gasteiger partial charge in [0.2, 0.25) is 5.78 Å². The van der Waals surface area contributed by atoms with Crippen LogP contribution in [-0.4, -0.2) is 88.4 Å². The van der Waals surface area contributed by atoms with Crippen molar-refractivity contribution in [1.29, 1.82) is 0 Å². The lowest BCUT2D eigenvalue weighted by molar-refractivity contribution is -0.153. The lowest BCUT2D eigenvalue weighted by Gasteiger charge is -2.50. The number of aliphatic hydroxyl groups is 3. The van der Waals surface area contributed by atoms with Crippen molar-refractivity contribution in [3.8, 4) is 5.75 Å². The third-order valence-corrected chi connectivity index (χ3v) is 8.36. The molecule has 0 spiro atoms. The molecule has 4 rings (SSSR count). The van der Waals surface area contributed by atoms with Gasteiger partial charge in [-0.25, -0.2) is 0 Å². The van der Waals surface area contributed by atoms with E-state index >= 15 is 0 Å². The Bertz CT molecular complexity index is 1490. The zero-order valence-corrected chi connectivity index (χ0v) is 25.0. The number of allylic oxidation sites excluding steroid dienone is 1. The average molecular weight is 582 g/mol. The van der Waals surface area contributed by atoms with E-state index in [2.05, 4.69) is 0 Å². The molecule has 1 fully saturated rings. The number of hydrogen-bond acceptors (Lipinski definition) is 10. The zero-order chi connectivity index (χ0) is 31.6. The number of anilines is 1. The van der Waals surface area contributed by atoms with Crippen LogP contribution in [0.5, 0.6) is 5.75 Å². The second-order valence-corrected chi connectivity index (χ2v) is 13.1. The molecule has 42 heavy (non-hydrogen) atoms. The minimum atomic E-state index is -2.71. The van der Waals surface area contributed by atoms with Crippen molar-refractivity contribution in [1.82, 2.24) is 4.90 Å². The monoisotopic (exact) mass is 581 g/mol. The van der Waals surface area contributed by atoms with Gasteiger partial charge in [-0.3, -0.25) is 24.1 Å². The summed E-state index contributed by atoms with van der Waals surface area (Å²) in [6.45, 7) is 5.80. The number of carbonyl (C=O) groups excluding carboxylic acids is 4. The number of likely N-dealkylation sites (N-methyl/N-ethyl adjacent to an activating group) is 1. The fourth-order valence-electron chi connectivity index (χ4n) is 6.60. The number of hydrogen-bond donors (Lipinski definition) is 5. The van der Waals surface area contributed by atoms with E-state index in [1.54, 1.807) is 39.2 Å². The molecule has 3 aliphatic rings. The van der Waals surface area contributed by atoms with Crippen molar-refractivity contribution in [2.45, 2.75) is 51.7 Å². The lowest BCUT2D eigenvalue weighted by Crippen LogP contribution is -2.65. The zero-order valence-electron chi connectivity index (χ0n) is 25.0. The van der Waals surface area contributed by atoms with Crippen LogP contribution in [0.4, 0.5) is 5.69 Å². The van der Waals surface area contributed by atoms with E-state index < -0.39 is 58.0 Å². The normalized spacial score (nSPS) is 26.0. The summed E-state index contributed by atoms with van der Waals surface area (Å²) < 4.78 is 0. The summed E-state index contributed by atoms with van der Waals surface area (Å²) in [7, 11) is 6.66. The molecular formula is C31H39N3O8. The molecule has 0 aliphatic heterocycles. The smallest absolute Gasteiger partial charge is 0.255 e. The Morgan fingerprint density at radius 3 is 2.26 bits per heavy atom. The van der Waals surface area contributed by atoms with E-state index in [0.29, 0.717) is 11.3 Å². The number of benzene rings is 1. The van der Waals surface area contributed by atoms with Crippen molar-refractivity contribution >= 4 is 40.8 Å². The summed E-state index contributed by atoms with van der Waals surface area (Å²) in [5.41, 5.74) is 2.72. The number of nitrogens with two attached hydrogens (primary N) is 1. The highest BCUT2D eigenvalue weighted by Gasteiger charge is 2.64. The number of ketones is 3. The van der Waals surface area contributed by atoms with E-state index in [1.165, 1.54) is 17.1 Å². The Kier molecular flexibility index (Phi) is 7.67. The lowest BCUT2D eigenvalue weighted by atomic mass is 9.57. The number of Topliss-reactive ketones (excluding diaryl/α,β-unsaturated/α-hetero) is 2. The molecule has 11 nitrogen and oxygen atoms in total. The molecule has 0 unspecified atom stereocenters. The molecule has 1 amide bonds. The van der Waals surface area contributed by atoms with Crippen LogP contribution >= 0.6 is 0 Å². The maximum Gasteiger partial charge on any atom is 0.255 e. The Labute approximate surface area is 244 Å². The summed E-state index contributed by atoms with van der Waals surface area (Å²) >= 11 is 0. The van der Waals surface area contributed by atoms with Crippen molar-refractivity contribution in [3.05, 3.63) is 45.7 Å². The maximum atomic E-state index is 14.1. The number of aliphatic hydroxyl groups excluding tert-OH is 2. The highest BCUT2D eigenvalue weighted by molar-refractivity contribution is 6.24. The van der Waals surface area contributed by atoms with Crippen molar-refractivity contribution in [3.63, 3.8) is 0 Å². The third-order valence-electron chi connectivity index (χ3n) is 8.36. The van der Waals surface area contributed by atoms with Gasteiger partial charge >= 0.3 is 0 Å². The number of phenols is 1. The molecule has 0 heterocycles. The second-order valence-electron chi connectivity index (χ2n) is 13.1. The van der Waals surface area contributed by atoms with Crippen LogP contribution in [0, 0.1) is 17.3 Å². The molecule has 11 heteroatoms. The van der Waals surface area contributed by atoms with E-state index in [0.717, 1.165) is 0 Å². The minimum absolute atomic E-state index is 0.00233. The van der Waals surface area contributed by atoms with Crippen molar-refractivity contribution in [2.75, 3.05) is 33.1 Å². The highest BCUT2D eigenvalue weighted by Crippen LogP contribution is 2.54. The van der Waals surface area contributed by atoms with Crippen LogP contribution < -0.4 is 10.6 Å². The first-order valence-corrected chi connectivity index (χ1v) is 13.7. The summed E-state index contributed by atoms with van der Waals surface area (Å²) in [4.78, 5) is 55.2. The quantitative estimate of drug-likeness (QED) is 0.246. The number of phenolic OH excluding ortho intramolecular Hbond substituents is 1. The van der Waals surface area contributed by atoms with Gasteiger partial charge in [-0.05, 0) is 62.1 Å². The van der Waals surface area contributed by atoms with Gasteiger partial charge in [0.05, 0.1) is 11.6 Å². The molecule has 1 saturated carbocycles. The molecule has 4 atom stereocenters. The second kappa shape index (κ2) is 10.4. The van der Waals surface area contributed by atoms with Gasteiger partial charge in [0, 0.05) is 43.3 Å². The van der Waals surface area contributed by atoms with Gasteiger partial charge in [0.1, 0.15) is 22.8 Å². The molecule has 3 aliphatic carbocycles. The van der Waals surface area contributed by atoms with Crippen molar-refractivity contribution < 1.29 is 39.6 Å². The van der Waals surface area contributed by atoms with Crippen molar-refractivity contribution in [2.24, 2.45) is 23.0 Å². The van der Waals surface area contributed by atoms with Gasteiger partial charge in [-0.1, -0.05) is 20.8 Å². The number of carbonyl (C=O) groups is 4. The number of primary amides is 1. The summed E-state index contributed by atoms with van der Waals surface area (Å²) in [5, 5.41) is 45.7. The van der Waals surface area contributed by atoms with Gasteiger partial charge in [0.25, 0.3) is 5.91 Å². The van der Waals surface area contributed by atoms with Crippen LogP contribution in [0.2, 0.25) is 0 Å². The molecule has 0 bridgehead atoms. The molecule has 6 N–H and O–H groups in total. The fraction of sp³-hybridized carbons (Fsp3) is 0.484. The van der Waals surface area contributed by atoms with Gasteiger partial charge < -0.3 is 31.1 Å². The Morgan fingerprint density at radius 2 is 1.74 bits per heavy atom. The first kappa shape index (κ1) is 31.0. The van der Waals surface area contributed by atoms with Crippen LogP contribution in [0.3, 0.4) is 0 Å². The first-order chi connectivity index (χ1) is 19.3. The predicted molar refractivity (Wildman–Crippen MR) is 157 cm³/mol. The molecule has 1 aromatic rings. The number of aromatic hydroxyl groups is 1. The molecule has 226 valence electrons. The summed E-state index contributed by atoms with van der Waals surface area (Å²) in [6, 6.07) is 0.539. The molecule has 0 radical (unpaired) electrons. The van der Waals surface area contributed by atoms with E-state index in [1.807, 2.05) is 20.8 Å². The first-order valence-electron chi connectivity index (χ1n) is 13.7. The van der Waals surface area contributed by atoms with E-state index in [4.69, 9.17) is 5.73 Å². The summed E-state index contributed by atoms with van der Waals surface area (Å²) in [6.07, 6.45) is 3.26. The molecule has 0 aromatic heterocycles. The summed E-state index contributed by atoms with van der Waals surface area (Å²) in [5.74, 6) is -7.22. The van der Waals surface area contributed by atoms with Crippen LogP contribution in [0.15, 0.2) is 29.0 Å². The average Bonchev–Trinajstić information content (AvgIpc) is 2.84. The van der Waals surface area contributed by atoms with E-state index in [-0.39, 0.29) is 52.9 Å². The van der Waals surface area contributed by atoms with Crippen LogP contribution in [0.25, 0.3) is 11.8 Å². The standard InChI is InChI=1S/C31H39N3O8/c1-30(2,3)13-16(35)9-8-14-12-19(33(4)5)17-10-15-11-18-23(34(6)7)26(38)22(29(32)41)28(40)31(18,42)27(39)20(15)25(37)21(17)24(14)36/h8-9,12,15,18,23,36-37,40,42H,10-11,13H2,1-7H3,(H2,32,41)/b9-8+/t15-,18-,23-,31-/m0/s1. The largest absolute Gasteiger partial charge is 0.508 e. The fourth-order valence-corrected chi connectivity index (χ4v) is 6.60. The number of rotatable bonds is 6. The molecule has 0 saturated heterocycles. The topological polar surface area (TPSA) is 182 Å². The van der Waals surface area contributed by atoms with Gasteiger partial charge in [-0.15, -0.1) is 0 Å². The maximum absolute atomic E-state index is 14.1. The Hall–Kier alpha value is -3.96. The Balaban J connectivity index is 1.93. The molecular weight excluding hydrogens is 542 g/mol. The van der Waals surface area contributed by atoms with E-state index in [9.17, 15) is 39.6 Å². The Morgan fingerprint density at radius 1 is 1.12 bits per heavy atom. The van der Waals surface area contributed by atoms with Gasteiger partial charge in [-0.2, -0.15) is 0 Å². The number of nitrogens with zero attached hydrogens (tertiary/aromatic N) is 2. The number of amides is 1. The third kappa shape index (κ3) is 4.80. The van der Waals surface area contributed by atoms with Gasteiger partial charge in [0.15, 0.2) is 17.2 Å². The predicted octanol–water partition coefficient (Wildman–Crippen LogP) is 2.05.